The van der Waals surface area contributed by atoms with E-state index in [1.165, 1.54) is 54.4 Å². The molecule has 24 heavy (non-hydrogen) atoms. The minimum atomic E-state index is 0.800. The zero-order chi connectivity index (χ0) is 17.1. The number of hydrogen-bond acceptors (Lipinski definition) is 3. The summed E-state index contributed by atoms with van der Waals surface area (Å²) in [5, 5.41) is 6.98. The Morgan fingerprint density at radius 2 is 1.62 bits per heavy atom. The van der Waals surface area contributed by atoms with Crippen molar-refractivity contribution in [3.05, 3.63) is 35.4 Å². The van der Waals surface area contributed by atoms with Gasteiger partial charge in [0.1, 0.15) is 6.54 Å². The van der Waals surface area contributed by atoms with E-state index in [0.29, 0.717) is 0 Å². The smallest absolute Gasteiger partial charge is 0.104 e. The second kappa shape index (κ2) is 10.8. The first-order valence-corrected chi connectivity index (χ1v) is 9.82. The van der Waals surface area contributed by atoms with Crippen LogP contribution < -0.4 is 16.4 Å². The molecule has 1 aliphatic heterocycles. The van der Waals surface area contributed by atoms with Gasteiger partial charge < -0.3 is 20.9 Å². The molecule has 1 saturated heterocycles. The molecule has 0 radical (unpaired) electrons. The lowest BCUT2D eigenvalue weighted by Crippen LogP contribution is -2.47. The second-order valence-electron chi connectivity index (χ2n) is 7.26. The number of rotatable bonds is 12. The van der Waals surface area contributed by atoms with Gasteiger partial charge in [0.05, 0.1) is 19.6 Å². The molecule has 0 spiro atoms. The minimum absolute atomic E-state index is 0.800. The van der Waals surface area contributed by atoms with Gasteiger partial charge in [-0.3, -0.25) is 0 Å². The van der Waals surface area contributed by atoms with Crippen molar-refractivity contribution >= 4 is 0 Å². The summed E-state index contributed by atoms with van der Waals surface area (Å²) in [5.74, 6) is 0. The predicted octanol–water partition coefficient (Wildman–Crippen LogP) is 2.24. The summed E-state index contributed by atoms with van der Waals surface area (Å²) < 4.78 is 1.19. The highest BCUT2D eigenvalue weighted by Crippen LogP contribution is 2.23. The van der Waals surface area contributed by atoms with E-state index in [4.69, 9.17) is 5.73 Å². The molecule has 0 unspecified atom stereocenters. The maximum atomic E-state index is 5.85. The Bertz CT molecular complexity index is 437. The summed E-state index contributed by atoms with van der Waals surface area (Å²) in [7, 11) is 0. The van der Waals surface area contributed by atoms with Crippen LogP contribution in [0.25, 0.3) is 0 Å². The summed E-state index contributed by atoms with van der Waals surface area (Å²) in [6.07, 6.45) is 5.24. The summed E-state index contributed by atoms with van der Waals surface area (Å²) in [4.78, 5) is 0. The highest BCUT2D eigenvalue weighted by Gasteiger charge is 2.31. The molecule has 0 amide bonds. The van der Waals surface area contributed by atoms with Crippen molar-refractivity contribution in [2.75, 3.05) is 45.8 Å². The van der Waals surface area contributed by atoms with E-state index in [1.54, 1.807) is 0 Å². The average molecular weight is 334 g/mol. The molecule has 1 aromatic carbocycles. The monoisotopic (exact) mass is 333 g/mol. The van der Waals surface area contributed by atoms with Gasteiger partial charge in [0.25, 0.3) is 0 Å². The molecular weight excluding hydrogens is 296 g/mol. The highest BCUT2D eigenvalue weighted by molar-refractivity contribution is 5.22. The van der Waals surface area contributed by atoms with Gasteiger partial charge in [0.15, 0.2) is 0 Å². The van der Waals surface area contributed by atoms with Gasteiger partial charge in [-0.25, -0.2) is 0 Å². The van der Waals surface area contributed by atoms with Crippen LogP contribution >= 0.6 is 0 Å². The van der Waals surface area contributed by atoms with Crippen LogP contribution in [0.15, 0.2) is 24.3 Å². The zero-order valence-corrected chi connectivity index (χ0v) is 15.5. The topological polar surface area (TPSA) is 50.1 Å². The molecule has 4 N–H and O–H groups in total. The molecule has 4 heteroatoms. The molecule has 0 bridgehead atoms. The van der Waals surface area contributed by atoms with E-state index in [2.05, 4.69) is 41.8 Å². The Labute approximate surface area is 148 Å². The Morgan fingerprint density at radius 3 is 2.29 bits per heavy atom. The van der Waals surface area contributed by atoms with E-state index >= 15 is 0 Å². The Hall–Kier alpha value is -0.940. The molecule has 0 aromatic heterocycles. The SMILES string of the molecule is CCCCNCCNCc1ccc(C[N+]2(CCN)CCCC2)cc1. The van der Waals surface area contributed by atoms with Gasteiger partial charge in [-0.2, -0.15) is 0 Å². The van der Waals surface area contributed by atoms with Crippen LogP contribution in [0.2, 0.25) is 0 Å². The van der Waals surface area contributed by atoms with E-state index in [1.807, 2.05) is 0 Å². The molecule has 0 saturated carbocycles. The molecule has 0 atom stereocenters. The van der Waals surface area contributed by atoms with Gasteiger partial charge in [-0.05, 0) is 18.5 Å². The lowest BCUT2D eigenvalue weighted by molar-refractivity contribution is -0.928. The number of unbranched alkanes of at least 4 members (excludes halogenated alkanes) is 1. The summed E-state index contributed by atoms with van der Waals surface area (Å²) in [5.41, 5.74) is 8.68. The number of nitrogens with two attached hydrogens (primary N) is 1. The fraction of sp³-hybridized carbons (Fsp3) is 0.700. The number of likely N-dealkylation sites (tertiary alicyclic amines) is 1. The van der Waals surface area contributed by atoms with E-state index in [0.717, 1.165) is 45.8 Å². The summed E-state index contributed by atoms with van der Waals surface area (Å²) >= 11 is 0. The van der Waals surface area contributed by atoms with Gasteiger partial charge in [-0.15, -0.1) is 0 Å². The van der Waals surface area contributed by atoms with Crippen molar-refractivity contribution < 1.29 is 4.48 Å². The van der Waals surface area contributed by atoms with E-state index in [9.17, 15) is 0 Å². The third kappa shape index (κ3) is 6.52. The van der Waals surface area contributed by atoms with Crippen LogP contribution in [0.3, 0.4) is 0 Å². The van der Waals surface area contributed by atoms with Crippen LogP contribution in [0.4, 0.5) is 0 Å². The third-order valence-electron chi connectivity index (χ3n) is 5.17. The molecule has 2 rings (SSSR count). The van der Waals surface area contributed by atoms with Crippen LogP contribution in [0.5, 0.6) is 0 Å². The molecule has 136 valence electrons. The van der Waals surface area contributed by atoms with Crippen molar-refractivity contribution in [1.29, 1.82) is 0 Å². The lowest BCUT2D eigenvalue weighted by Gasteiger charge is -2.34. The minimum Gasteiger partial charge on any atom is -0.326 e. The Kier molecular flexibility index (Phi) is 8.75. The van der Waals surface area contributed by atoms with Crippen molar-refractivity contribution in [2.24, 2.45) is 5.73 Å². The van der Waals surface area contributed by atoms with E-state index < -0.39 is 0 Å². The molecule has 1 aliphatic rings. The Balaban J connectivity index is 1.70. The quantitative estimate of drug-likeness (QED) is 0.406. The third-order valence-corrected chi connectivity index (χ3v) is 5.17. The number of hydrogen-bond donors (Lipinski definition) is 3. The maximum absolute atomic E-state index is 5.85. The molecule has 1 aromatic rings. The maximum Gasteiger partial charge on any atom is 0.104 e. The predicted molar refractivity (Wildman–Crippen MR) is 103 cm³/mol. The number of benzene rings is 1. The molecule has 0 aliphatic carbocycles. The normalized spacial score (nSPS) is 16.6. The van der Waals surface area contributed by atoms with Gasteiger partial charge in [-0.1, -0.05) is 37.6 Å². The Morgan fingerprint density at radius 1 is 0.958 bits per heavy atom. The van der Waals surface area contributed by atoms with Gasteiger partial charge >= 0.3 is 0 Å². The standard InChI is InChI=1S/C20H37N4/c1-2-3-11-22-12-13-23-17-19-6-8-20(9-7-19)18-24(16-10-21)14-4-5-15-24/h6-9,22-23H,2-5,10-18,21H2,1H3/q+1. The lowest BCUT2D eigenvalue weighted by atomic mass is 10.1. The first-order chi connectivity index (χ1) is 11.8. The zero-order valence-electron chi connectivity index (χ0n) is 15.5. The number of quaternary nitrogens is 1. The van der Waals surface area contributed by atoms with Crippen molar-refractivity contribution in [3.8, 4) is 0 Å². The fourth-order valence-electron chi connectivity index (χ4n) is 3.73. The van der Waals surface area contributed by atoms with Crippen molar-refractivity contribution in [1.82, 2.24) is 10.6 Å². The van der Waals surface area contributed by atoms with E-state index in [-0.39, 0.29) is 0 Å². The first-order valence-electron chi connectivity index (χ1n) is 9.82. The number of nitrogens with one attached hydrogen (secondary N) is 2. The fourth-order valence-corrected chi connectivity index (χ4v) is 3.73. The van der Waals surface area contributed by atoms with Crippen LogP contribution in [-0.4, -0.2) is 50.3 Å². The average Bonchev–Trinajstić information content (AvgIpc) is 3.04. The van der Waals surface area contributed by atoms with Crippen LogP contribution in [-0.2, 0) is 13.1 Å². The van der Waals surface area contributed by atoms with Crippen molar-refractivity contribution in [3.63, 3.8) is 0 Å². The summed E-state index contributed by atoms with van der Waals surface area (Å²) in [6, 6.07) is 9.18. The summed E-state index contributed by atoms with van der Waals surface area (Å²) in [6.45, 7) is 12.1. The molecule has 1 heterocycles. The van der Waals surface area contributed by atoms with Crippen LogP contribution in [0, 0.1) is 0 Å². The van der Waals surface area contributed by atoms with Gasteiger partial charge in [0.2, 0.25) is 0 Å². The largest absolute Gasteiger partial charge is 0.326 e. The van der Waals surface area contributed by atoms with Crippen LogP contribution in [0.1, 0.15) is 43.7 Å². The van der Waals surface area contributed by atoms with Gasteiger partial charge in [0, 0.05) is 44.6 Å². The van der Waals surface area contributed by atoms with Crippen molar-refractivity contribution in [2.45, 2.75) is 45.7 Å². The number of nitrogens with zero attached hydrogens (tertiary/aromatic N) is 1. The molecular formula is C20H37N4+. The first kappa shape index (κ1) is 19.4. The molecule has 4 nitrogen and oxygen atoms in total. The second-order valence-corrected chi connectivity index (χ2v) is 7.26. The highest BCUT2D eigenvalue weighted by atomic mass is 15.4. The molecule has 1 fully saturated rings.